The van der Waals surface area contributed by atoms with Gasteiger partial charge < -0.3 is 10.1 Å². The maximum atomic E-state index is 6.09. The smallest absolute Gasteiger partial charge is 0.119 e. The van der Waals surface area contributed by atoms with Crippen molar-refractivity contribution < 1.29 is 4.74 Å². The molecule has 0 saturated carbocycles. The molecule has 0 heterocycles. The van der Waals surface area contributed by atoms with Crippen molar-refractivity contribution in [2.45, 2.75) is 6.54 Å². The van der Waals surface area contributed by atoms with Crippen LogP contribution in [0.1, 0.15) is 5.56 Å². The zero-order valence-electron chi connectivity index (χ0n) is 10.5. The Morgan fingerprint density at radius 1 is 1.17 bits per heavy atom. The maximum Gasteiger partial charge on any atom is 0.119 e. The second-order valence-electron chi connectivity index (χ2n) is 4.06. The van der Waals surface area contributed by atoms with E-state index >= 15 is 0 Å². The van der Waals surface area contributed by atoms with Crippen LogP contribution < -0.4 is 10.1 Å². The van der Waals surface area contributed by atoms with E-state index in [0.717, 1.165) is 28.4 Å². The fourth-order valence-corrected chi connectivity index (χ4v) is 2.12. The van der Waals surface area contributed by atoms with Crippen LogP contribution in [0.2, 0.25) is 5.02 Å². The van der Waals surface area contributed by atoms with Gasteiger partial charge in [-0.25, -0.2) is 0 Å². The van der Waals surface area contributed by atoms with E-state index in [2.05, 4.69) is 11.4 Å². The Morgan fingerprint density at radius 2 is 2.00 bits per heavy atom. The second kappa shape index (κ2) is 5.89. The summed E-state index contributed by atoms with van der Waals surface area (Å²) in [6, 6.07) is 14.0. The number of rotatable bonds is 4. The first-order chi connectivity index (χ1) is 8.74. The predicted octanol–water partition coefficient (Wildman–Crippen LogP) is 3.74. The molecular formula is C15H16ClNO. The highest BCUT2D eigenvalue weighted by molar-refractivity contribution is 6.30. The molecular weight excluding hydrogens is 246 g/mol. The van der Waals surface area contributed by atoms with Crippen molar-refractivity contribution in [1.82, 2.24) is 5.32 Å². The zero-order valence-corrected chi connectivity index (χ0v) is 11.3. The van der Waals surface area contributed by atoms with Crippen molar-refractivity contribution in [2.24, 2.45) is 0 Å². The van der Waals surface area contributed by atoms with Crippen molar-refractivity contribution in [3.05, 3.63) is 53.1 Å². The molecule has 0 saturated heterocycles. The summed E-state index contributed by atoms with van der Waals surface area (Å²) in [6.07, 6.45) is 0. The molecule has 0 atom stereocenters. The molecule has 2 aromatic carbocycles. The number of benzene rings is 2. The summed E-state index contributed by atoms with van der Waals surface area (Å²) in [6.45, 7) is 0.809. The van der Waals surface area contributed by atoms with Crippen molar-refractivity contribution in [3.8, 4) is 16.9 Å². The Kier molecular flexibility index (Phi) is 4.24. The summed E-state index contributed by atoms with van der Waals surface area (Å²) in [5.41, 5.74) is 3.47. The van der Waals surface area contributed by atoms with Crippen molar-refractivity contribution >= 4 is 11.6 Å². The fraction of sp³-hybridized carbons (Fsp3) is 0.200. The number of ether oxygens (including phenoxy) is 1. The maximum absolute atomic E-state index is 6.09. The molecule has 94 valence electrons. The molecule has 0 aliphatic heterocycles. The highest BCUT2D eigenvalue weighted by Crippen LogP contribution is 2.29. The lowest BCUT2D eigenvalue weighted by Gasteiger charge is -2.11. The highest BCUT2D eigenvalue weighted by Gasteiger charge is 2.06. The van der Waals surface area contributed by atoms with Crippen molar-refractivity contribution in [2.75, 3.05) is 14.2 Å². The molecule has 18 heavy (non-hydrogen) atoms. The molecule has 3 heteroatoms. The van der Waals surface area contributed by atoms with E-state index in [9.17, 15) is 0 Å². The largest absolute Gasteiger partial charge is 0.497 e. The molecule has 0 aromatic heterocycles. The van der Waals surface area contributed by atoms with E-state index in [1.165, 1.54) is 5.56 Å². The summed E-state index contributed by atoms with van der Waals surface area (Å²) in [7, 11) is 3.61. The molecule has 2 rings (SSSR count). The summed E-state index contributed by atoms with van der Waals surface area (Å²) in [5.74, 6) is 0.850. The summed E-state index contributed by atoms with van der Waals surface area (Å²) in [5, 5.41) is 3.91. The Morgan fingerprint density at radius 3 is 2.72 bits per heavy atom. The van der Waals surface area contributed by atoms with Gasteiger partial charge in [-0.2, -0.15) is 0 Å². The van der Waals surface area contributed by atoms with Gasteiger partial charge in [0.25, 0.3) is 0 Å². The summed E-state index contributed by atoms with van der Waals surface area (Å²) < 4.78 is 5.26. The monoisotopic (exact) mass is 261 g/mol. The Bertz CT molecular complexity index is 540. The van der Waals surface area contributed by atoms with Gasteiger partial charge in [0.05, 0.1) is 7.11 Å². The van der Waals surface area contributed by atoms with Gasteiger partial charge in [-0.05, 0) is 48.0 Å². The first-order valence-electron chi connectivity index (χ1n) is 5.82. The van der Waals surface area contributed by atoms with Crippen LogP contribution in [0, 0.1) is 0 Å². The van der Waals surface area contributed by atoms with Crippen LogP contribution in [-0.4, -0.2) is 14.2 Å². The molecule has 1 N–H and O–H groups in total. The van der Waals surface area contributed by atoms with E-state index in [1.54, 1.807) is 7.11 Å². The SMILES string of the molecule is CNCc1ccc(Cl)cc1-c1cccc(OC)c1. The summed E-state index contributed by atoms with van der Waals surface area (Å²) in [4.78, 5) is 0. The Hall–Kier alpha value is -1.51. The van der Waals surface area contributed by atoms with E-state index in [-0.39, 0.29) is 0 Å². The number of nitrogens with one attached hydrogen (secondary N) is 1. The summed E-state index contributed by atoms with van der Waals surface area (Å²) >= 11 is 6.09. The van der Waals surface area contributed by atoms with Crippen LogP contribution >= 0.6 is 11.6 Å². The number of hydrogen-bond donors (Lipinski definition) is 1. The molecule has 0 unspecified atom stereocenters. The van der Waals surface area contributed by atoms with Crippen molar-refractivity contribution in [3.63, 3.8) is 0 Å². The van der Waals surface area contributed by atoms with E-state index in [4.69, 9.17) is 16.3 Å². The second-order valence-corrected chi connectivity index (χ2v) is 4.50. The van der Waals surface area contributed by atoms with Crippen molar-refractivity contribution in [1.29, 1.82) is 0 Å². The molecule has 0 amide bonds. The quantitative estimate of drug-likeness (QED) is 0.905. The number of hydrogen-bond acceptors (Lipinski definition) is 2. The molecule has 0 fully saturated rings. The van der Waals surface area contributed by atoms with Gasteiger partial charge in [-0.3, -0.25) is 0 Å². The highest BCUT2D eigenvalue weighted by atomic mass is 35.5. The molecule has 2 aromatic rings. The topological polar surface area (TPSA) is 21.3 Å². The molecule has 0 aliphatic carbocycles. The first-order valence-corrected chi connectivity index (χ1v) is 6.20. The van der Waals surface area contributed by atoms with Gasteiger partial charge >= 0.3 is 0 Å². The van der Waals surface area contributed by atoms with Crippen LogP contribution in [-0.2, 0) is 6.54 Å². The van der Waals surface area contributed by atoms with E-state index < -0.39 is 0 Å². The normalized spacial score (nSPS) is 10.4. The molecule has 2 nitrogen and oxygen atoms in total. The van der Waals surface area contributed by atoms with Crippen LogP contribution in [0.25, 0.3) is 11.1 Å². The minimum Gasteiger partial charge on any atom is -0.497 e. The molecule has 0 radical (unpaired) electrons. The third kappa shape index (κ3) is 2.84. The van der Waals surface area contributed by atoms with Gasteiger partial charge in [0, 0.05) is 11.6 Å². The van der Waals surface area contributed by atoms with Crippen LogP contribution in [0.15, 0.2) is 42.5 Å². The molecule has 0 bridgehead atoms. The third-order valence-corrected chi connectivity index (χ3v) is 3.05. The average Bonchev–Trinajstić information content (AvgIpc) is 2.41. The zero-order chi connectivity index (χ0) is 13.0. The van der Waals surface area contributed by atoms with E-state index in [0.29, 0.717) is 0 Å². The third-order valence-electron chi connectivity index (χ3n) is 2.82. The van der Waals surface area contributed by atoms with Gasteiger partial charge in [0.2, 0.25) is 0 Å². The van der Waals surface area contributed by atoms with Crippen LogP contribution in [0.5, 0.6) is 5.75 Å². The van der Waals surface area contributed by atoms with Gasteiger partial charge in [-0.15, -0.1) is 0 Å². The van der Waals surface area contributed by atoms with Gasteiger partial charge in [0.15, 0.2) is 0 Å². The lowest BCUT2D eigenvalue weighted by Crippen LogP contribution is -2.06. The first kappa shape index (κ1) is 12.9. The molecule has 0 spiro atoms. The van der Waals surface area contributed by atoms with E-state index in [1.807, 2.05) is 43.4 Å². The number of methoxy groups -OCH3 is 1. The minimum absolute atomic E-state index is 0.743. The predicted molar refractivity (Wildman–Crippen MR) is 76.2 cm³/mol. The van der Waals surface area contributed by atoms with Crippen LogP contribution in [0.3, 0.4) is 0 Å². The fourth-order valence-electron chi connectivity index (χ4n) is 1.95. The lowest BCUT2D eigenvalue weighted by molar-refractivity contribution is 0.415. The standard InChI is InChI=1S/C15H16ClNO/c1-17-10-12-6-7-13(16)9-15(12)11-4-3-5-14(8-11)18-2/h3-9,17H,10H2,1-2H3. The van der Waals surface area contributed by atoms with Gasteiger partial charge in [-0.1, -0.05) is 29.8 Å². The number of halogens is 1. The Balaban J connectivity index is 2.50. The average molecular weight is 262 g/mol. The minimum atomic E-state index is 0.743. The lowest BCUT2D eigenvalue weighted by atomic mass is 9.99. The van der Waals surface area contributed by atoms with Crippen LogP contribution in [0.4, 0.5) is 0 Å². The molecule has 0 aliphatic rings. The Labute approximate surface area is 113 Å². The van der Waals surface area contributed by atoms with Gasteiger partial charge in [0.1, 0.15) is 5.75 Å².